The normalized spacial score (nSPS) is 38.9. The number of sulfone groups is 1. The summed E-state index contributed by atoms with van der Waals surface area (Å²) in [7, 11) is -2.78. The summed E-state index contributed by atoms with van der Waals surface area (Å²) in [4.78, 5) is 0. The molecule has 0 aromatic heterocycles. The van der Waals surface area contributed by atoms with E-state index >= 15 is 0 Å². The lowest BCUT2D eigenvalue weighted by atomic mass is 9.64. The van der Waals surface area contributed by atoms with Gasteiger partial charge in [-0.15, -0.1) is 0 Å². The average Bonchev–Trinajstić information content (AvgIpc) is 2.57. The van der Waals surface area contributed by atoms with Crippen LogP contribution >= 0.6 is 0 Å². The highest BCUT2D eigenvalue weighted by molar-refractivity contribution is 7.91. The van der Waals surface area contributed by atoms with Gasteiger partial charge >= 0.3 is 0 Å². The minimum Gasteiger partial charge on any atom is -0.378 e. The minimum absolute atomic E-state index is 0.113. The topological polar surface area (TPSA) is 55.4 Å². The Bertz CT molecular complexity index is 377. The van der Waals surface area contributed by atoms with Crippen molar-refractivity contribution in [1.82, 2.24) is 5.32 Å². The van der Waals surface area contributed by atoms with Gasteiger partial charge in [0.1, 0.15) is 0 Å². The molecule has 5 heteroatoms. The van der Waals surface area contributed by atoms with Gasteiger partial charge in [0.2, 0.25) is 0 Å². The summed E-state index contributed by atoms with van der Waals surface area (Å²) in [6.45, 7) is 7.15. The first-order chi connectivity index (χ1) is 7.85. The van der Waals surface area contributed by atoms with Crippen molar-refractivity contribution in [1.29, 1.82) is 0 Å². The van der Waals surface area contributed by atoms with Gasteiger partial charge in [-0.3, -0.25) is 0 Å². The van der Waals surface area contributed by atoms with E-state index in [2.05, 4.69) is 19.2 Å². The van der Waals surface area contributed by atoms with Crippen LogP contribution in [0.2, 0.25) is 0 Å². The molecule has 1 saturated heterocycles. The molecule has 2 fully saturated rings. The second kappa shape index (κ2) is 4.52. The smallest absolute Gasteiger partial charge is 0.151 e. The van der Waals surface area contributed by atoms with Gasteiger partial charge in [-0.25, -0.2) is 8.42 Å². The molecule has 0 bridgehead atoms. The Morgan fingerprint density at radius 2 is 2.12 bits per heavy atom. The Hall–Kier alpha value is -0.130. The second-order valence-corrected chi connectivity index (χ2v) is 8.05. The largest absolute Gasteiger partial charge is 0.378 e. The third-order valence-corrected chi connectivity index (χ3v) is 5.98. The Morgan fingerprint density at radius 3 is 2.59 bits per heavy atom. The van der Waals surface area contributed by atoms with Gasteiger partial charge < -0.3 is 10.1 Å². The lowest BCUT2D eigenvalue weighted by molar-refractivity contribution is -0.115. The van der Waals surface area contributed by atoms with Crippen molar-refractivity contribution in [3.63, 3.8) is 0 Å². The monoisotopic (exact) mass is 261 g/mol. The fraction of sp³-hybridized carbons (Fsp3) is 1.00. The van der Waals surface area contributed by atoms with Crippen molar-refractivity contribution in [3.05, 3.63) is 0 Å². The molecule has 2 aliphatic rings. The highest BCUT2D eigenvalue weighted by Crippen LogP contribution is 2.43. The van der Waals surface area contributed by atoms with E-state index in [0.29, 0.717) is 23.7 Å². The Morgan fingerprint density at radius 1 is 1.41 bits per heavy atom. The molecule has 1 N–H and O–H groups in total. The Kier molecular flexibility index (Phi) is 3.54. The van der Waals surface area contributed by atoms with Gasteiger partial charge in [0.05, 0.1) is 17.6 Å². The molecule has 0 aromatic rings. The summed E-state index contributed by atoms with van der Waals surface area (Å²) in [5, 5.41) is 3.49. The predicted molar refractivity (Wildman–Crippen MR) is 67.8 cm³/mol. The molecule has 0 radical (unpaired) electrons. The van der Waals surface area contributed by atoms with Crippen LogP contribution in [0, 0.1) is 5.41 Å². The van der Waals surface area contributed by atoms with Gasteiger partial charge in [0, 0.05) is 24.1 Å². The number of nitrogens with one attached hydrogen (secondary N) is 1. The lowest BCUT2D eigenvalue weighted by Crippen LogP contribution is -2.62. The fourth-order valence-electron chi connectivity index (χ4n) is 2.86. The van der Waals surface area contributed by atoms with E-state index in [9.17, 15) is 8.42 Å². The molecular weight excluding hydrogens is 238 g/mol. The molecule has 100 valence electrons. The number of hydrogen-bond acceptors (Lipinski definition) is 4. The highest BCUT2D eigenvalue weighted by atomic mass is 32.2. The van der Waals surface area contributed by atoms with E-state index < -0.39 is 9.84 Å². The molecule has 17 heavy (non-hydrogen) atoms. The fourth-order valence-corrected chi connectivity index (χ4v) is 4.55. The van der Waals surface area contributed by atoms with Crippen molar-refractivity contribution in [2.75, 3.05) is 18.1 Å². The number of rotatable bonds is 4. The summed E-state index contributed by atoms with van der Waals surface area (Å²) in [6, 6.07) is 0.532. The third kappa shape index (κ3) is 2.66. The van der Waals surface area contributed by atoms with Crippen LogP contribution in [0.5, 0.6) is 0 Å². The zero-order chi connectivity index (χ0) is 12.7. The molecule has 1 aliphatic carbocycles. The van der Waals surface area contributed by atoms with Crippen LogP contribution in [0.1, 0.15) is 33.6 Å². The first-order valence-electron chi connectivity index (χ1n) is 6.43. The quantitative estimate of drug-likeness (QED) is 0.819. The summed E-state index contributed by atoms with van der Waals surface area (Å²) in [6.07, 6.45) is 2.06. The molecule has 4 nitrogen and oxygen atoms in total. The number of ether oxygens (including phenoxy) is 1. The summed E-state index contributed by atoms with van der Waals surface area (Å²) >= 11 is 0. The van der Waals surface area contributed by atoms with Crippen LogP contribution in [0.25, 0.3) is 0 Å². The van der Waals surface area contributed by atoms with Gasteiger partial charge in [0.25, 0.3) is 0 Å². The number of hydrogen-bond donors (Lipinski definition) is 1. The zero-order valence-electron chi connectivity index (χ0n) is 10.9. The van der Waals surface area contributed by atoms with Crippen molar-refractivity contribution in [3.8, 4) is 0 Å². The standard InChI is InChI=1S/C12H23NO3S/c1-4-16-11-7-10(12(11,2)3)13-9-5-6-17(14,15)8-9/h9-11,13H,4-8H2,1-3H3. The molecule has 1 saturated carbocycles. The third-order valence-electron chi connectivity index (χ3n) is 4.21. The van der Waals surface area contributed by atoms with Crippen LogP contribution in [-0.4, -0.2) is 44.7 Å². The first-order valence-corrected chi connectivity index (χ1v) is 8.25. The maximum absolute atomic E-state index is 11.4. The Balaban J connectivity index is 1.86. The molecule has 3 unspecified atom stereocenters. The highest BCUT2D eigenvalue weighted by Gasteiger charge is 2.49. The first kappa shape index (κ1) is 13.3. The summed E-state index contributed by atoms with van der Waals surface area (Å²) in [5.41, 5.74) is 0.113. The minimum atomic E-state index is -2.78. The molecular formula is C12H23NO3S. The maximum atomic E-state index is 11.4. The van der Waals surface area contributed by atoms with Crippen molar-refractivity contribution >= 4 is 9.84 Å². The van der Waals surface area contributed by atoms with Crippen LogP contribution in [0.4, 0.5) is 0 Å². The lowest BCUT2D eigenvalue weighted by Gasteiger charge is -2.52. The predicted octanol–water partition coefficient (Wildman–Crippen LogP) is 0.967. The van der Waals surface area contributed by atoms with Crippen molar-refractivity contribution < 1.29 is 13.2 Å². The molecule has 0 spiro atoms. The Labute approximate surface area is 104 Å². The van der Waals surface area contributed by atoms with Crippen LogP contribution in [0.3, 0.4) is 0 Å². The van der Waals surface area contributed by atoms with Crippen LogP contribution in [0.15, 0.2) is 0 Å². The van der Waals surface area contributed by atoms with E-state index in [0.717, 1.165) is 19.4 Å². The molecule has 0 amide bonds. The van der Waals surface area contributed by atoms with Gasteiger partial charge in [-0.05, 0) is 19.8 Å². The maximum Gasteiger partial charge on any atom is 0.151 e. The van der Waals surface area contributed by atoms with E-state index in [1.165, 1.54) is 0 Å². The van der Waals surface area contributed by atoms with E-state index in [1.807, 2.05) is 6.92 Å². The molecule has 2 rings (SSSR count). The van der Waals surface area contributed by atoms with E-state index in [4.69, 9.17) is 4.74 Å². The van der Waals surface area contributed by atoms with Crippen LogP contribution in [-0.2, 0) is 14.6 Å². The zero-order valence-corrected chi connectivity index (χ0v) is 11.7. The van der Waals surface area contributed by atoms with Gasteiger partial charge in [-0.1, -0.05) is 13.8 Å². The molecule has 0 aromatic carbocycles. The SMILES string of the molecule is CCOC1CC(NC2CCS(=O)(=O)C2)C1(C)C. The van der Waals surface area contributed by atoms with Gasteiger partial charge in [0.15, 0.2) is 9.84 Å². The summed E-state index contributed by atoms with van der Waals surface area (Å²) < 4.78 is 28.5. The van der Waals surface area contributed by atoms with E-state index in [-0.39, 0.29) is 11.5 Å². The molecule has 1 heterocycles. The average molecular weight is 261 g/mol. The molecule has 1 aliphatic heterocycles. The van der Waals surface area contributed by atoms with Gasteiger partial charge in [-0.2, -0.15) is 0 Å². The summed E-state index contributed by atoms with van der Waals surface area (Å²) in [5.74, 6) is 0.644. The molecule has 3 atom stereocenters. The van der Waals surface area contributed by atoms with Crippen molar-refractivity contribution in [2.45, 2.75) is 51.8 Å². The van der Waals surface area contributed by atoms with E-state index in [1.54, 1.807) is 0 Å². The second-order valence-electron chi connectivity index (χ2n) is 5.82. The van der Waals surface area contributed by atoms with Crippen molar-refractivity contribution in [2.24, 2.45) is 5.41 Å². The van der Waals surface area contributed by atoms with Crippen LogP contribution < -0.4 is 5.32 Å².